The number of carboxylic acids is 1. The summed E-state index contributed by atoms with van der Waals surface area (Å²) in [5.74, 6) is -3.61. The average molecular weight is 460 g/mol. The molecule has 1 aliphatic heterocycles. The minimum absolute atomic E-state index is 0.0337. The van der Waals surface area contributed by atoms with Gasteiger partial charge in [0.25, 0.3) is 0 Å². The molecule has 1 saturated heterocycles. The zero-order chi connectivity index (χ0) is 17.9. The Morgan fingerprint density at radius 1 is 1.28 bits per heavy atom. The molecule has 2 aliphatic carbocycles. The van der Waals surface area contributed by atoms with Gasteiger partial charge in [0.1, 0.15) is 23.7 Å². The van der Waals surface area contributed by atoms with Crippen LogP contribution in [0.2, 0.25) is 0 Å². The van der Waals surface area contributed by atoms with Gasteiger partial charge in [0, 0.05) is 11.8 Å². The summed E-state index contributed by atoms with van der Waals surface area (Å²) in [5.41, 5.74) is 0. The number of ether oxygens (including phenoxy) is 3. The predicted octanol–water partition coefficient (Wildman–Crippen LogP) is 1.77. The number of esters is 1. The lowest BCUT2D eigenvalue weighted by Gasteiger charge is -2.28. The van der Waals surface area contributed by atoms with Crippen LogP contribution in [-0.2, 0) is 19.1 Å². The summed E-state index contributed by atoms with van der Waals surface area (Å²) < 4.78 is 16.2. The quantitative estimate of drug-likeness (QED) is 0.398. The third-order valence-electron chi connectivity index (χ3n) is 5.17. The molecular weight excluding hydrogens is 447 g/mol. The molecular formula is C16H13IO8. The standard InChI is InChI=1S/C16H13IO8/c17-8-3-5(18)1-2-9(8)23-16(22)25-13-6-4-7-11(10(6)14(19)20)15(21)24-12(7)13/h1-3,6-7,10-13,18H,4H2,(H,19,20). The summed E-state index contributed by atoms with van der Waals surface area (Å²) in [6.07, 6.45) is -1.95. The number of fused-ring (bicyclic) bond motifs is 1. The average Bonchev–Trinajstić information content (AvgIpc) is 3.13. The van der Waals surface area contributed by atoms with Crippen molar-refractivity contribution in [3.8, 4) is 11.5 Å². The van der Waals surface area contributed by atoms with Crippen molar-refractivity contribution in [2.24, 2.45) is 23.7 Å². The van der Waals surface area contributed by atoms with E-state index in [-0.39, 0.29) is 17.4 Å². The first-order valence-corrected chi connectivity index (χ1v) is 8.75. The third-order valence-corrected chi connectivity index (χ3v) is 6.02. The molecule has 1 aromatic rings. The Hall–Kier alpha value is -2.04. The van der Waals surface area contributed by atoms with Crippen LogP contribution < -0.4 is 4.74 Å². The van der Waals surface area contributed by atoms with Gasteiger partial charge in [0.2, 0.25) is 0 Å². The van der Waals surface area contributed by atoms with Crippen LogP contribution in [0.5, 0.6) is 11.5 Å². The van der Waals surface area contributed by atoms with Gasteiger partial charge >= 0.3 is 18.1 Å². The lowest BCUT2D eigenvalue weighted by Crippen LogP contribution is -2.43. The number of hydrogen-bond acceptors (Lipinski definition) is 7. The number of rotatable bonds is 3. The van der Waals surface area contributed by atoms with Crippen molar-refractivity contribution in [3.05, 3.63) is 21.8 Å². The molecule has 0 amide bonds. The lowest BCUT2D eigenvalue weighted by molar-refractivity contribution is -0.151. The Kier molecular flexibility index (Phi) is 3.78. The fraction of sp³-hybridized carbons (Fsp3) is 0.438. The van der Waals surface area contributed by atoms with Crippen LogP contribution in [0.15, 0.2) is 18.2 Å². The van der Waals surface area contributed by atoms with E-state index < -0.39 is 48.1 Å². The van der Waals surface area contributed by atoms with Gasteiger partial charge in [-0.05, 0) is 47.2 Å². The van der Waals surface area contributed by atoms with Crippen molar-refractivity contribution in [2.45, 2.75) is 18.6 Å². The highest BCUT2D eigenvalue weighted by atomic mass is 127. The molecule has 1 aromatic carbocycles. The number of benzene rings is 1. The van der Waals surface area contributed by atoms with Crippen LogP contribution in [0.25, 0.3) is 0 Å². The van der Waals surface area contributed by atoms with Gasteiger partial charge in [-0.2, -0.15) is 0 Å². The summed E-state index contributed by atoms with van der Waals surface area (Å²) in [7, 11) is 0. The number of carboxylic acid groups (broad SMARTS) is 1. The number of carbonyl (C=O) groups excluding carboxylic acids is 2. The van der Waals surface area contributed by atoms with E-state index in [1.165, 1.54) is 18.2 Å². The first-order chi connectivity index (χ1) is 11.9. The van der Waals surface area contributed by atoms with Gasteiger partial charge in [0.05, 0.1) is 15.4 Å². The molecule has 1 heterocycles. The largest absolute Gasteiger partial charge is 0.514 e. The summed E-state index contributed by atoms with van der Waals surface area (Å²) >= 11 is 1.90. The number of halogens is 1. The van der Waals surface area contributed by atoms with Crippen molar-refractivity contribution >= 4 is 40.7 Å². The van der Waals surface area contributed by atoms with Gasteiger partial charge in [-0.15, -0.1) is 0 Å². The smallest absolute Gasteiger partial charge is 0.508 e. The Bertz CT molecular complexity index is 777. The molecule has 0 spiro atoms. The van der Waals surface area contributed by atoms with E-state index in [4.69, 9.17) is 14.2 Å². The Morgan fingerprint density at radius 3 is 2.72 bits per heavy atom. The lowest BCUT2D eigenvalue weighted by atomic mass is 9.78. The van der Waals surface area contributed by atoms with Crippen LogP contribution in [0.3, 0.4) is 0 Å². The molecule has 6 unspecified atom stereocenters. The van der Waals surface area contributed by atoms with Gasteiger partial charge in [0.15, 0.2) is 0 Å². The van der Waals surface area contributed by atoms with Gasteiger partial charge < -0.3 is 24.4 Å². The number of aromatic hydroxyl groups is 1. The summed E-state index contributed by atoms with van der Waals surface area (Å²) in [4.78, 5) is 35.6. The topological polar surface area (TPSA) is 119 Å². The van der Waals surface area contributed by atoms with E-state index in [0.717, 1.165) is 0 Å². The van der Waals surface area contributed by atoms with Gasteiger partial charge in [-0.1, -0.05) is 0 Å². The van der Waals surface area contributed by atoms with Crippen molar-refractivity contribution < 1.29 is 38.8 Å². The van der Waals surface area contributed by atoms with Crippen LogP contribution in [-0.4, -0.2) is 40.5 Å². The molecule has 3 aliphatic rings. The number of hydrogen-bond donors (Lipinski definition) is 2. The molecule has 4 rings (SSSR count). The van der Waals surface area contributed by atoms with E-state index in [1.54, 1.807) is 0 Å². The van der Waals surface area contributed by atoms with Crippen molar-refractivity contribution in [3.63, 3.8) is 0 Å². The molecule has 2 N–H and O–H groups in total. The summed E-state index contributed by atoms with van der Waals surface area (Å²) in [6.45, 7) is 0. The minimum Gasteiger partial charge on any atom is -0.508 e. The van der Waals surface area contributed by atoms with E-state index >= 15 is 0 Å². The monoisotopic (exact) mass is 460 g/mol. The van der Waals surface area contributed by atoms with Crippen molar-refractivity contribution in [1.29, 1.82) is 0 Å². The van der Waals surface area contributed by atoms with Gasteiger partial charge in [-0.3, -0.25) is 9.59 Å². The Labute approximate surface area is 155 Å². The van der Waals surface area contributed by atoms with E-state index in [9.17, 15) is 24.6 Å². The molecule has 132 valence electrons. The highest BCUT2D eigenvalue weighted by Gasteiger charge is 2.70. The Morgan fingerprint density at radius 2 is 2.04 bits per heavy atom. The number of phenolic OH excluding ortho intramolecular Hbond substituents is 1. The van der Waals surface area contributed by atoms with Gasteiger partial charge in [-0.25, -0.2) is 4.79 Å². The number of phenols is 1. The van der Waals surface area contributed by atoms with E-state index in [1.807, 2.05) is 22.6 Å². The van der Waals surface area contributed by atoms with Crippen LogP contribution >= 0.6 is 22.6 Å². The number of carbonyl (C=O) groups is 3. The highest BCUT2D eigenvalue weighted by molar-refractivity contribution is 14.1. The zero-order valence-electron chi connectivity index (χ0n) is 12.6. The first kappa shape index (κ1) is 16.4. The number of aliphatic carboxylic acids is 1. The molecule has 25 heavy (non-hydrogen) atoms. The molecule has 8 nitrogen and oxygen atoms in total. The highest BCUT2D eigenvalue weighted by Crippen LogP contribution is 2.58. The van der Waals surface area contributed by atoms with E-state index in [2.05, 4.69) is 0 Å². The molecule has 3 fully saturated rings. The summed E-state index contributed by atoms with van der Waals surface area (Å²) in [5, 5.41) is 18.8. The molecule has 6 atom stereocenters. The maximum Gasteiger partial charge on any atom is 0.514 e. The first-order valence-electron chi connectivity index (χ1n) is 7.67. The van der Waals surface area contributed by atoms with Crippen molar-refractivity contribution in [1.82, 2.24) is 0 Å². The van der Waals surface area contributed by atoms with Crippen LogP contribution in [0.4, 0.5) is 4.79 Å². The second-order valence-corrected chi connectivity index (χ2v) is 7.57. The Balaban J connectivity index is 1.50. The molecule has 2 saturated carbocycles. The minimum atomic E-state index is -1.08. The van der Waals surface area contributed by atoms with Crippen molar-refractivity contribution in [2.75, 3.05) is 0 Å². The normalized spacial score (nSPS) is 34.7. The SMILES string of the molecule is O=C(Oc1ccc(O)cc1I)OC1C2CC3C1OC(=O)C3C2C(=O)O. The molecule has 0 aromatic heterocycles. The van der Waals surface area contributed by atoms with E-state index in [0.29, 0.717) is 9.99 Å². The predicted molar refractivity (Wildman–Crippen MR) is 87.8 cm³/mol. The third kappa shape index (κ3) is 2.52. The maximum absolute atomic E-state index is 12.1. The zero-order valence-corrected chi connectivity index (χ0v) is 14.8. The second kappa shape index (κ2) is 5.75. The van der Waals surface area contributed by atoms with Crippen LogP contribution in [0.1, 0.15) is 6.42 Å². The molecule has 2 bridgehead atoms. The fourth-order valence-electron chi connectivity index (χ4n) is 4.28. The maximum atomic E-state index is 12.1. The summed E-state index contributed by atoms with van der Waals surface area (Å²) in [6, 6.07) is 4.21. The van der Waals surface area contributed by atoms with Crippen LogP contribution in [0, 0.1) is 27.2 Å². The second-order valence-electron chi connectivity index (χ2n) is 6.40. The molecule has 0 radical (unpaired) electrons. The molecule has 9 heteroatoms. The fourth-order valence-corrected chi connectivity index (χ4v) is 4.89.